The number of aromatic nitrogens is 1. The number of ether oxygens (including phenoxy) is 2. The van der Waals surface area contributed by atoms with Crippen LogP contribution in [0.1, 0.15) is 36.6 Å². The molecule has 22 heavy (non-hydrogen) atoms. The summed E-state index contributed by atoms with van der Waals surface area (Å²) in [6.45, 7) is 6.22. The highest BCUT2D eigenvalue weighted by Crippen LogP contribution is 2.37. The lowest BCUT2D eigenvalue weighted by atomic mass is 9.90. The Morgan fingerprint density at radius 2 is 1.77 bits per heavy atom. The van der Waals surface area contributed by atoms with E-state index in [0.29, 0.717) is 13.2 Å². The predicted octanol–water partition coefficient (Wildman–Crippen LogP) is 3.11. The maximum atomic E-state index is 5.77. The Kier molecular flexibility index (Phi) is 4.59. The summed E-state index contributed by atoms with van der Waals surface area (Å²) in [6, 6.07) is 8.56. The van der Waals surface area contributed by atoms with Crippen LogP contribution in [0.25, 0.3) is 0 Å². The molecule has 2 aromatic rings. The Bertz CT molecular complexity index is 628. The van der Waals surface area contributed by atoms with Crippen LogP contribution in [0.2, 0.25) is 0 Å². The Hall–Kier alpha value is -2.07. The molecule has 1 N–H and O–H groups in total. The summed E-state index contributed by atoms with van der Waals surface area (Å²) < 4.78 is 11.5. The quantitative estimate of drug-likeness (QED) is 0.921. The molecule has 116 valence electrons. The van der Waals surface area contributed by atoms with Crippen LogP contribution < -0.4 is 14.8 Å². The zero-order valence-electron chi connectivity index (χ0n) is 13.1. The lowest BCUT2D eigenvalue weighted by Crippen LogP contribution is -2.30. The van der Waals surface area contributed by atoms with Crippen LogP contribution in [0.3, 0.4) is 0 Å². The molecule has 0 amide bonds. The number of nitrogens with zero attached hydrogens (tertiary/aromatic N) is 1. The van der Waals surface area contributed by atoms with Gasteiger partial charge in [0.05, 0.1) is 19.3 Å². The van der Waals surface area contributed by atoms with Gasteiger partial charge in [0.25, 0.3) is 0 Å². The minimum absolute atomic E-state index is 0.182. The highest BCUT2D eigenvalue weighted by atomic mass is 16.5. The molecule has 0 saturated heterocycles. The third kappa shape index (κ3) is 2.92. The second-order valence-electron chi connectivity index (χ2n) is 5.28. The van der Waals surface area contributed by atoms with E-state index < -0.39 is 0 Å². The minimum atomic E-state index is 0.182. The van der Waals surface area contributed by atoms with Crippen molar-refractivity contribution >= 4 is 0 Å². The van der Waals surface area contributed by atoms with Crippen molar-refractivity contribution < 1.29 is 9.47 Å². The number of fused-ring (bicyclic) bond motifs is 1. The maximum Gasteiger partial charge on any atom is 0.161 e. The highest BCUT2D eigenvalue weighted by Gasteiger charge is 2.24. The number of benzene rings is 1. The lowest BCUT2D eigenvalue weighted by Gasteiger charge is -2.28. The van der Waals surface area contributed by atoms with Gasteiger partial charge in [-0.05, 0) is 61.2 Å². The molecule has 2 heterocycles. The first-order chi connectivity index (χ1) is 10.8. The second-order valence-corrected chi connectivity index (χ2v) is 5.28. The van der Waals surface area contributed by atoms with E-state index in [1.807, 2.05) is 26.2 Å². The Balaban J connectivity index is 2.03. The summed E-state index contributed by atoms with van der Waals surface area (Å²) in [4.78, 5) is 4.11. The first kappa shape index (κ1) is 14.9. The van der Waals surface area contributed by atoms with Gasteiger partial charge in [0.2, 0.25) is 0 Å². The standard InChI is InChI=1S/C18H22N2O2/c1-3-21-16-11-14-7-10-20-18(13-5-8-19-9-6-13)15(14)12-17(16)22-4-2/h5-6,8-9,11-12,18,20H,3-4,7,10H2,1-2H3. The van der Waals surface area contributed by atoms with Crippen LogP contribution in [0.15, 0.2) is 36.7 Å². The fourth-order valence-corrected chi connectivity index (χ4v) is 2.95. The molecule has 1 aromatic carbocycles. The van der Waals surface area contributed by atoms with Gasteiger partial charge >= 0.3 is 0 Å². The molecule has 1 aliphatic rings. The molecule has 0 bridgehead atoms. The van der Waals surface area contributed by atoms with Crippen LogP contribution in [-0.2, 0) is 6.42 Å². The predicted molar refractivity (Wildman–Crippen MR) is 86.6 cm³/mol. The van der Waals surface area contributed by atoms with E-state index in [1.165, 1.54) is 16.7 Å². The van der Waals surface area contributed by atoms with Crippen LogP contribution in [0.5, 0.6) is 11.5 Å². The molecule has 4 nitrogen and oxygen atoms in total. The topological polar surface area (TPSA) is 43.4 Å². The summed E-state index contributed by atoms with van der Waals surface area (Å²) in [7, 11) is 0. The van der Waals surface area contributed by atoms with E-state index in [-0.39, 0.29) is 6.04 Å². The molecular weight excluding hydrogens is 276 g/mol. The molecular formula is C18H22N2O2. The first-order valence-corrected chi connectivity index (χ1v) is 7.89. The molecule has 1 aromatic heterocycles. The summed E-state index contributed by atoms with van der Waals surface area (Å²) in [5, 5.41) is 3.59. The fraction of sp³-hybridized carbons (Fsp3) is 0.389. The Morgan fingerprint density at radius 3 is 2.45 bits per heavy atom. The number of hydrogen-bond acceptors (Lipinski definition) is 4. The molecule has 1 unspecified atom stereocenters. The van der Waals surface area contributed by atoms with Gasteiger partial charge in [-0.2, -0.15) is 0 Å². The molecule has 0 saturated carbocycles. The van der Waals surface area contributed by atoms with E-state index in [2.05, 4.69) is 34.6 Å². The Labute approximate surface area is 131 Å². The molecule has 1 aliphatic heterocycles. The summed E-state index contributed by atoms with van der Waals surface area (Å²) in [5.74, 6) is 1.67. The third-order valence-electron chi connectivity index (χ3n) is 3.90. The zero-order chi connectivity index (χ0) is 15.4. The SMILES string of the molecule is CCOc1cc2c(cc1OCC)C(c1ccncc1)NCC2. The van der Waals surface area contributed by atoms with E-state index in [0.717, 1.165) is 24.5 Å². The van der Waals surface area contributed by atoms with Crippen molar-refractivity contribution in [2.75, 3.05) is 19.8 Å². The third-order valence-corrected chi connectivity index (χ3v) is 3.90. The molecule has 0 spiro atoms. The zero-order valence-corrected chi connectivity index (χ0v) is 13.1. The van der Waals surface area contributed by atoms with Gasteiger partial charge in [0.1, 0.15) is 0 Å². The number of hydrogen-bond donors (Lipinski definition) is 1. The average molecular weight is 298 g/mol. The summed E-state index contributed by atoms with van der Waals surface area (Å²) in [6.07, 6.45) is 4.68. The molecule has 0 aliphatic carbocycles. The molecule has 3 rings (SSSR count). The number of pyridine rings is 1. The molecule has 0 radical (unpaired) electrons. The lowest BCUT2D eigenvalue weighted by molar-refractivity contribution is 0.286. The summed E-state index contributed by atoms with van der Waals surface area (Å²) >= 11 is 0. The van der Waals surface area contributed by atoms with Gasteiger partial charge in [-0.15, -0.1) is 0 Å². The number of nitrogens with one attached hydrogen (secondary N) is 1. The highest BCUT2D eigenvalue weighted by molar-refractivity contribution is 5.51. The molecule has 4 heteroatoms. The van der Waals surface area contributed by atoms with Crippen LogP contribution in [0, 0.1) is 0 Å². The molecule has 1 atom stereocenters. The van der Waals surface area contributed by atoms with Gasteiger partial charge in [0.15, 0.2) is 11.5 Å². The first-order valence-electron chi connectivity index (χ1n) is 7.89. The monoisotopic (exact) mass is 298 g/mol. The van der Waals surface area contributed by atoms with Gasteiger partial charge < -0.3 is 14.8 Å². The maximum absolute atomic E-state index is 5.77. The van der Waals surface area contributed by atoms with Crippen LogP contribution in [0.4, 0.5) is 0 Å². The van der Waals surface area contributed by atoms with Crippen molar-refractivity contribution in [3.05, 3.63) is 53.3 Å². The van der Waals surface area contributed by atoms with Gasteiger partial charge in [-0.25, -0.2) is 0 Å². The van der Waals surface area contributed by atoms with E-state index in [1.54, 1.807) is 0 Å². The fourth-order valence-electron chi connectivity index (χ4n) is 2.95. The van der Waals surface area contributed by atoms with E-state index >= 15 is 0 Å². The van der Waals surface area contributed by atoms with Gasteiger partial charge in [-0.3, -0.25) is 4.98 Å². The van der Waals surface area contributed by atoms with Crippen molar-refractivity contribution in [1.82, 2.24) is 10.3 Å². The smallest absolute Gasteiger partial charge is 0.161 e. The van der Waals surface area contributed by atoms with Gasteiger partial charge in [0, 0.05) is 18.9 Å². The van der Waals surface area contributed by atoms with Crippen LogP contribution in [-0.4, -0.2) is 24.7 Å². The van der Waals surface area contributed by atoms with Crippen molar-refractivity contribution in [2.45, 2.75) is 26.3 Å². The Morgan fingerprint density at radius 1 is 1.09 bits per heavy atom. The van der Waals surface area contributed by atoms with E-state index in [9.17, 15) is 0 Å². The minimum Gasteiger partial charge on any atom is -0.490 e. The number of rotatable bonds is 5. The normalized spacial score (nSPS) is 16.9. The van der Waals surface area contributed by atoms with Crippen molar-refractivity contribution in [3.8, 4) is 11.5 Å². The van der Waals surface area contributed by atoms with Crippen molar-refractivity contribution in [1.29, 1.82) is 0 Å². The largest absolute Gasteiger partial charge is 0.490 e. The van der Waals surface area contributed by atoms with Crippen molar-refractivity contribution in [2.24, 2.45) is 0 Å². The second kappa shape index (κ2) is 6.79. The average Bonchev–Trinajstić information content (AvgIpc) is 2.56. The molecule has 0 fully saturated rings. The summed E-state index contributed by atoms with van der Waals surface area (Å²) in [5.41, 5.74) is 3.82. The van der Waals surface area contributed by atoms with Crippen LogP contribution >= 0.6 is 0 Å². The van der Waals surface area contributed by atoms with E-state index in [4.69, 9.17) is 9.47 Å². The van der Waals surface area contributed by atoms with Crippen molar-refractivity contribution in [3.63, 3.8) is 0 Å². The van der Waals surface area contributed by atoms with Gasteiger partial charge in [-0.1, -0.05) is 0 Å².